The molecule has 0 aliphatic carbocycles. The van der Waals surface area contributed by atoms with Crippen molar-refractivity contribution in [3.63, 3.8) is 0 Å². The van der Waals surface area contributed by atoms with E-state index >= 15 is 0 Å². The Labute approximate surface area is 172 Å². The summed E-state index contributed by atoms with van der Waals surface area (Å²) in [5.74, 6) is 0.219. The molecule has 8 nitrogen and oxygen atoms in total. The minimum absolute atomic E-state index is 0.219. The van der Waals surface area contributed by atoms with E-state index in [0.717, 1.165) is 31.8 Å². The number of nitrogens with zero attached hydrogens (tertiary/aromatic N) is 6. The van der Waals surface area contributed by atoms with Gasteiger partial charge < -0.3 is 10.1 Å². The Morgan fingerprint density at radius 1 is 0.966 bits per heavy atom. The molecule has 29 heavy (non-hydrogen) atoms. The van der Waals surface area contributed by atoms with Crippen LogP contribution < -0.4 is 4.80 Å². The number of phenolic OH excluding ortho intramolecular Hbond substituents is 1. The maximum Gasteiger partial charge on any atom is 0.231 e. The first kappa shape index (κ1) is 17.6. The number of aromatic amines is 1. The predicted octanol–water partition coefficient (Wildman–Crippen LogP) is 3.58. The van der Waals surface area contributed by atoms with Crippen LogP contribution in [0.3, 0.4) is 0 Å². The molecule has 0 spiro atoms. The number of para-hydroxylation sites is 1. The number of nitrogens with one attached hydrogen (secondary N) is 1. The quantitative estimate of drug-likeness (QED) is 0.432. The van der Waals surface area contributed by atoms with E-state index in [0.29, 0.717) is 16.5 Å². The predicted molar refractivity (Wildman–Crippen MR) is 114 cm³/mol. The normalized spacial score (nSPS) is 12.5. The summed E-state index contributed by atoms with van der Waals surface area (Å²) in [5.41, 5.74) is 2.75. The largest absolute Gasteiger partial charge is 0.508 e. The number of aromatic nitrogens is 5. The van der Waals surface area contributed by atoms with E-state index in [1.165, 1.54) is 22.7 Å². The van der Waals surface area contributed by atoms with E-state index < -0.39 is 0 Å². The lowest BCUT2D eigenvalue weighted by Gasteiger charge is -1.92. The van der Waals surface area contributed by atoms with Crippen LogP contribution >= 0.6 is 22.7 Å². The Kier molecular flexibility index (Phi) is 4.54. The second-order valence-corrected chi connectivity index (χ2v) is 8.10. The molecule has 0 fully saturated rings. The van der Waals surface area contributed by atoms with Crippen LogP contribution in [0, 0.1) is 0 Å². The lowest BCUT2D eigenvalue weighted by atomic mass is 10.2. The first-order valence-electron chi connectivity index (χ1n) is 8.65. The molecule has 0 atom stereocenters. The van der Waals surface area contributed by atoms with Gasteiger partial charge in [-0.3, -0.25) is 0 Å². The lowest BCUT2D eigenvalue weighted by molar-refractivity contribution is 0.475. The van der Waals surface area contributed by atoms with Gasteiger partial charge in [-0.1, -0.05) is 40.9 Å². The van der Waals surface area contributed by atoms with Gasteiger partial charge in [0, 0.05) is 17.1 Å². The number of aromatic hydroxyl groups is 1. The number of H-pyrrole nitrogens is 1. The van der Waals surface area contributed by atoms with Gasteiger partial charge >= 0.3 is 0 Å². The van der Waals surface area contributed by atoms with E-state index in [9.17, 15) is 5.11 Å². The Balaban J connectivity index is 1.35. The van der Waals surface area contributed by atoms with Crippen LogP contribution in [0.5, 0.6) is 5.75 Å². The zero-order valence-electron chi connectivity index (χ0n) is 14.9. The molecule has 0 unspecified atom stereocenters. The number of benzene rings is 2. The van der Waals surface area contributed by atoms with Crippen LogP contribution in [-0.2, 0) is 6.54 Å². The number of aliphatic imine (C=N–C) groups is 1. The van der Waals surface area contributed by atoms with E-state index in [2.05, 4.69) is 35.4 Å². The van der Waals surface area contributed by atoms with Crippen molar-refractivity contribution in [3.05, 3.63) is 63.9 Å². The van der Waals surface area contributed by atoms with Crippen molar-refractivity contribution in [1.29, 1.82) is 0 Å². The van der Waals surface area contributed by atoms with Crippen molar-refractivity contribution >= 4 is 55.3 Å². The van der Waals surface area contributed by atoms with E-state index in [1.807, 2.05) is 24.3 Å². The third-order valence-corrected chi connectivity index (χ3v) is 5.81. The molecular weight excluding hydrogens is 406 g/mol. The fraction of sp³-hybridized carbons (Fsp3) is 0.0526. The minimum Gasteiger partial charge on any atom is -0.508 e. The summed E-state index contributed by atoms with van der Waals surface area (Å²) in [6, 6.07) is 14.8. The van der Waals surface area contributed by atoms with Gasteiger partial charge in [-0.15, -0.1) is 20.4 Å². The Hall–Kier alpha value is -3.50. The van der Waals surface area contributed by atoms with Gasteiger partial charge in [0.15, 0.2) is 0 Å². The van der Waals surface area contributed by atoms with Crippen LogP contribution in [0.2, 0.25) is 0 Å². The molecule has 0 radical (unpaired) electrons. The molecule has 0 saturated carbocycles. The highest BCUT2D eigenvalue weighted by Gasteiger charge is 2.06. The monoisotopic (exact) mass is 419 g/mol. The highest BCUT2D eigenvalue weighted by Crippen LogP contribution is 2.23. The highest BCUT2D eigenvalue weighted by atomic mass is 32.1. The zero-order chi connectivity index (χ0) is 19.6. The molecule has 0 bridgehead atoms. The van der Waals surface area contributed by atoms with Crippen molar-refractivity contribution < 1.29 is 5.11 Å². The van der Waals surface area contributed by atoms with E-state index in [4.69, 9.17) is 0 Å². The maximum absolute atomic E-state index is 9.31. The number of hydrogen-bond donors (Lipinski definition) is 2. The topological polar surface area (TPSA) is 112 Å². The van der Waals surface area contributed by atoms with Crippen LogP contribution in [-0.4, -0.2) is 36.7 Å². The second-order valence-electron chi connectivity index (χ2n) is 6.08. The van der Waals surface area contributed by atoms with Crippen molar-refractivity contribution in [2.75, 3.05) is 0 Å². The van der Waals surface area contributed by atoms with Crippen molar-refractivity contribution in [2.45, 2.75) is 6.54 Å². The number of rotatable bonds is 4. The molecular formula is C19H13N7OS2. The van der Waals surface area contributed by atoms with Gasteiger partial charge in [0.05, 0.1) is 6.54 Å². The molecule has 3 heterocycles. The van der Waals surface area contributed by atoms with Crippen LogP contribution in [0.25, 0.3) is 21.3 Å². The molecule has 0 aliphatic heterocycles. The standard InChI is InChI=1S/C19H13N7OS2/c27-12-7-5-11(6-8-12)9-20-18-25-23-15(28-18)10-21-19-26-24-16-13-3-1-2-4-14(13)22-17(16)29-19/h1-9,22,27H,10H2/b20-9+,21-19?. The van der Waals surface area contributed by atoms with Gasteiger partial charge in [0.1, 0.15) is 21.1 Å². The van der Waals surface area contributed by atoms with Gasteiger partial charge in [-0.2, -0.15) is 0 Å². The van der Waals surface area contributed by atoms with Crippen molar-refractivity contribution in [1.82, 2.24) is 25.4 Å². The van der Waals surface area contributed by atoms with Crippen molar-refractivity contribution in [3.8, 4) is 5.75 Å². The summed E-state index contributed by atoms with van der Waals surface area (Å²) < 4.78 is 0. The summed E-state index contributed by atoms with van der Waals surface area (Å²) >= 11 is 2.83. The molecule has 2 N–H and O–H groups in total. The molecule has 5 rings (SSSR count). The summed E-state index contributed by atoms with van der Waals surface area (Å²) in [4.78, 5) is 13.7. The molecule has 10 heteroatoms. The molecule has 3 aromatic heterocycles. The van der Waals surface area contributed by atoms with Crippen LogP contribution in [0.1, 0.15) is 10.6 Å². The molecule has 142 valence electrons. The van der Waals surface area contributed by atoms with Crippen molar-refractivity contribution in [2.24, 2.45) is 9.98 Å². The van der Waals surface area contributed by atoms with Gasteiger partial charge in [0.2, 0.25) is 9.93 Å². The first-order valence-corrected chi connectivity index (χ1v) is 10.3. The second kappa shape index (κ2) is 7.49. The Morgan fingerprint density at radius 3 is 2.72 bits per heavy atom. The highest BCUT2D eigenvalue weighted by molar-refractivity contribution is 7.15. The minimum atomic E-state index is 0.219. The van der Waals surface area contributed by atoms with Gasteiger partial charge in [0.25, 0.3) is 0 Å². The molecule has 0 amide bonds. The maximum atomic E-state index is 9.31. The smallest absolute Gasteiger partial charge is 0.231 e. The summed E-state index contributed by atoms with van der Waals surface area (Å²) in [5, 5.41) is 28.4. The lowest BCUT2D eigenvalue weighted by Crippen LogP contribution is -2.05. The zero-order valence-corrected chi connectivity index (χ0v) is 16.5. The number of fused-ring (bicyclic) bond motifs is 3. The van der Waals surface area contributed by atoms with Gasteiger partial charge in [-0.05, 0) is 35.9 Å². The SMILES string of the molecule is Oc1ccc(/C=N/c2nnc(CN=c3nnc4c([nH]c5ccccc54)s3)s2)cc1. The molecule has 0 aliphatic rings. The third kappa shape index (κ3) is 3.75. The molecule has 5 aromatic rings. The molecule has 0 saturated heterocycles. The fourth-order valence-electron chi connectivity index (χ4n) is 2.73. The average Bonchev–Trinajstić information content (AvgIpc) is 3.35. The average molecular weight is 419 g/mol. The summed E-state index contributed by atoms with van der Waals surface area (Å²) in [6.45, 7) is 0.364. The Morgan fingerprint density at radius 2 is 1.83 bits per heavy atom. The Bertz CT molecular complexity index is 1400. The molecule has 2 aromatic carbocycles. The van der Waals surface area contributed by atoms with Crippen LogP contribution in [0.4, 0.5) is 5.13 Å². The summed E-state index contributed by atoms with van der Waals surface area (Å²) in [6.07, 6.45) is 1.68. The van der Waals surface area contributed by atoms with E-state index in [-0.39, 0.29) is 5.75 Å². The summed E-state index contributed by atoms with van der Waals surface area (Å²) in [7, 11) is 0. The third-order valence-electron chi connectivity index (χ3n) is 4.10. The fourth-order valence-corrected chi connectivity index (χ4v) is 4.14. The van der Waals surface area contributed by atoms with Gasteiger partial charge in [-0.25, -0.2) is 9.98 Å². The van der Waals surface area contributed by atoms with E-state index in [1.54, 1.807) is 30.5 Å². The van der Waals surface area contributed by atoms with Crippen LogP contribution in [0.15, 0.2) is 58.5 Å². The number of hydrogen-bond acceptors (Lipinski definition) is 9. The number of phenols is 1. The first-order chi connectivity index (χ1) is 14.2.